The topological polar surface area (TPSA) is 86.8 Å². The summed E-state index contributed by atoms with van der Waals surface area (Å²) in [7, 11) is 0. The van der Waals surface area contributed by atoms with Crippen molar-refractivity contribution in [1.82, 2.24) is 16.0 Å². The monoisotopic (exact) mass is 363 g/mol. The number of ether oxygens (including phenoxy) is 1. The van der Waals surface area contributed by atoms with Crippen LogP contribution in [0.2, 0.25) is 0 Å². The summed E-state index contributed by atoms with van der Waals surface area (Å²) in [6.45, 7) is 11.0. The van der Waals surface area contributed by atoms with E-state index in [9.17, 15) is 4.79 Å². The molecule has 1 amide bonds. The van der Waals surface area contributed by atoms with Gasteiger partial charge in [-0.15, -0.1) is 0 Å². The Morgan fingerprint density at radius 3 is 2.38 bits per heavy atom. The Morgan fingerprint density at radius 2 is 1.73 bits per heavy atom. The van der Waals surface area contributed by atoms with Crippen LogP contribution >= 0.6 is 0 Å². The van der Waals surface area contributed by atoms with E-state index in [-0.39, 0.29) is 0 Å². The molecule has 0 heterocycles. The highest BCUT2D eigenvalue weighted by atomic mass is 16.6. The summed E-state index contributed by atoms with van der Waals surface area (Å²) in [5.41, 5.74) is 0.636. The highest BCUT2D eigenvalue weighted by molar-refractivity contribution is 5.79. The van der Waals surface area contributed by atoms with Gasteiger partial charge in [0.15, 0.2) is 5.96 Å². The van der Waals surface area contributed by atoms with Crippen LogP contribution in [0.15, 0.2) is 35.3 Å². The second-order valence-corrected chi connectivity index (χ2v) is 6.76. The Kier molecular flexibility index (Phi) is 9.97. The lowest BCUT2D eigenvalue weighted by Gasteiger charge is -2.19. The molecule has 0 aliphatic carbocycles. The molecule has 1 aromatic rings. The van der Waals surface area contributed by atoms with Crippen molar-refractivity contribution in [2.45, 2.75) is 39.7 Å². The number of nitrogens with zero attached hydrogens (tertiary/aromatic N) is 1. The summed E-state index contributed by atoms with van der Waals surface area (Å²) in [6, 6.07) is 10.1. The second kappa shape index (κ2) is 12.0. The first kappa shape index (κ1) is 21.6. The van der Waals surface area contributed by atoms with Crippen LogP contribution in [0.4, 0.5) is 10.5 Å². The third-order valence-corrected chi connectivity index (χ3v) is 3.14. The van der Waals surface area contributed by atoms with Crippen molar-refractivity contribution >= 4 is 17.7 Å². The Labute approximate surface area is 157 Å². The number of hydrogen-bond acceptors (Lipinski definition) is 4. The summed E-state index contributed by atoms with van der Waals surface area (Å²) in [6.07, 6.45) is 0.523. The van der Waals surface area contributed by atoms with Crippen LogP contribution in [0.1, 0.15) is 34.1 Å². The Hall–Kier alpha value is -2.44. The Morgan fingerprint density at radius 1 is 1.04 bits per heavy atom. The lowest BCUT2D eigenvalue weighted by molar-refractivity contribution is 0.0529. The van der Waals surface area contributed by atoms with Crippen LogP contribution in [0.5, 0.6) is 0 Å². The van der Waals surface area contributed by atoms with Crippen molar-refractivity contribution < 1.29 is 9.53 Å². The lowest BCUT2D eigenvalue weighted by Crippen LogP contribution is -2.42. The third kappa shape index (κ3) is 11.2. The van der Waals surface area contributed by atoms with Crippen LogP contribution in [0, 0.1) is 0 Å². The summed E-state index contributed by atoms with van der Waals surface area (Å²) in [5, 5.41) is 12.5. The van der Waals surface area contributed by atoms with Crippen molar-refractivity contribution in [1.29, 1.82) is 0 Å². The van der Waals surface area contributed by atoms with Gasteiger partial charge in [-0.3, -0.25) is 4.99 Å². The zero-order chi connectivity index (χ0) is 19.3. The van der Waals surface area contributed by atoms with E-state index in [1.54, 1.807) is 0 Å². The van der Waals surface area contributed by atoms with Crippen LogP contribution in [-0.4, -0.2) is 50.4 Å². The SMILES string of the molecule is CCNC(=NCCCNc1ccccc1)NCCNC(=O)OC(C)(C)C. The van der Waals surface area contributed by atoms with E-state index in [1.807, 2.05) is 58.0 Å². The molecular weight excluding hydrogens is 330 g/mol. The van der Waals surface area contributed by atoms with Crippen molar-refractivity contribution in [2.75, 3.05) is 38.0 Å². The number of anilines is 1. The minimum Gasteiger partial charge on any atom is -0.444 e. The summed E-state index contributed by atoms with van der Waals surface area (Å²) in [5.74, 6) is 0.748. The van der Waals surface area contributed by atoms with Gasteiger partial charge in [-0.25, -0.2) is 4.79 Å². The van der Waals surface area contributed by atoms with Crippen molar-refractivity contribution in [2.24, 2.45) is 4.99 Å². The van der Waals surface area contributed by atoms with Gasteiger partial charge in [0.25, 0.3) is 0 Å². The van der Waals surface area contributed by atoms with Gasteiger partial charge >= 0.3 is 6.09 Å². The molecule has 0 fully saturated rings. The van der Waals surface area contributed by atoms with Gasteiger partial charge in [-0.1, -0.05) is 18.2 Å². The molecule has 0 aromatic heterocycles. The number of alkyl carbamates (subject to hydrolysis) is 1. The molecule has 0 saturated carbocycles. The number of carbonyl (C=O) groups excluding carboxylic acids is 1. The van der Waals surface area contributed by atoms with E-state index >= 15 is 0 Å². The zero-order valence-corrected chi connectivity index (χ0v) is 16.4. The summed E-state index contributed by atoms with van der Waals surface area (Å²) in [4.78, 5) is 16.1. The predicted molar refractivity (Wildman–Crippen MR) is 108 cm³/mol. The smallest absolute Gasteiger partial charge is 0.407 e. The second-order valence-electron chi connectivity index (χ2n) is 6.76. The van der Waals surface area contributed by atoms with Gasteiger partial charge in [-0.05, 0) is 46.2 Å². The molecule has 0 radical (unpaired) electrons. The molecule has 4 N–H and O–H groups in total. The molecule has 0 bridgehead atoms. The van der Waals surface area contributed by atoms with E-state index in [0.29, 0.717) is 19.6 Å². The van der Waals surface area contributed by atoms with Gasteiger partial charge in [-0.2, -0.15) is 0 Å². The minimum atomic E-state index is -0.484. The first-order valence-electron chi connectivity index (χ1n) is 9.18. The Balaban J connectivity index is 2.21. The van der Waals surface area contributed by atoms with E-state index in [0.717, 1.165) is 31.2 Å². The van der Waals surface area contributed by atoms with E-state index in [1.165, 1.54) is 0 Å². The summed E-state index contributed by atoms with van der Waals surface area (Å²) < 4.78 is 5.19. The maximum atomic E-state index is 11.6. The van der Waals surface area contributed by atoms with Gasteiger partial charge in [0, 0.05) is 38.4 Å². The summed E-state index contributed by atoms with van der Waals surface area (Å²) >= 11 is 0. The molecule has 0 atom stereocenters. The van der Waals surface area contributed by atoms with Crippen LogP contribution in [0.3, 0.4) is 0 Å². The van der Waals surface area contributed by atoms with Crippen LogP contribution in [-0.2, 0) is 4.74 Å². The maximum absolute atomic E-state index is 11.6. The number of rotatable bonds is 9. The van der Waals surface area contributed by atoms with Crippen LogP contribution < -0.4 is 21.3 Å². The number of benzene rings is 1. The van der Waals surface area contributed by atoms with Gasteiger partial charge < -0.3 is 26.0 Å². The normalized spacial score (nSPS) is 11.6. The predicted octanol–water partition coefficient (Wildman–Crippen LogP) is 2.57. The average molecular weight is 364 g/mol. The number of nitrogens with one attached hydrogen (secondary N) is 4. The Bertz CT molecular complexity index is 541. The van der Waals surface area contributed by atoms with Gasteiger partial charge in [0.2, 0.25) is 0 Å². The molecule has 0 aliphatic heterocycles. The van der Waals surface area contributed by atoms with E-state index in [2.05, 4.69) is 26.3 Å². The molecule has 1 aromatic carbocycles. The van der Waals surface area contributed by atoms with Crippen LogP contribution in [0.25, 0.3) is 0 Å². The lowest BCUT2D eigenvalue weighted by atomic mass is 10.2. The fourth-order valence-electron chi connectivity index (χ4n) is 2.06. The highest BCUT2D eigenvalue weighted by Gasteiger charge is 2.15. The standard InChI is InChI=1S/C19H33N5O2/c1-5-20-17(23-14-15-24-18(25)26-19(2,3)4)22-13-9-12-21-16-10-7-6-8-11-16/h6-8,10-11,21H,5,9,12-15H2,1-4H3,(H,24,25)(H2,20,22,23). The van der Waals surface area contributed by atoms with Crippen molar-refractivity contribution in [3.05, 3.63) is 30.3 Å². The molecule has 146 valence electrons. The molecule has 7 heteroatoms. The first-order chi connectivity index (χ1) is 12.4. The van der Waals surface area contributed by atoms with E-state index < -0.39 is 11.7 Å². The number of carbonyl (C=O) groups is 1. The molecule has 0 saturated heterocycles. The fourth-order valence-corrected chi connectivity index (χ4v) is 2.06. The number of amides is 1. The van der Waals surface area contributed by atoms with Gasteiger partial charge in [0.1, 0.15) is 5.60 Å². The van der Waals surface area contributed by atoms with E-state index in [4.69, 9.17) is 4.74 Å². The number of para-hydroxylation sites is 1. The molecular formula is C19H33N5O2. The zero-order valence-electron chi connectivity index (χ0n) is 16.4. The first-order valence-corrected chi connectivity index (χ1v) is 9.18. The number of guanidine groups is 1. The average Bonchev–Trinajstić information content (AvgIpc) is 2.57. The molecule has 7 nitrogen and oxygen atoms in total. The molecule has 0 spiro atoms. The minimum absolute atomic E-state index is 0.409. The molecule has 0 unspecified atom stereocenters. The number of aliphatic imine (C=N–C) groups is 1. The largest absolute Gasteiger partial charge is 0.444 e. The molecule has 0 aliphatic rings. The van der Waals surface area contributed by atoms with Crippen molar-refractivity contribution in [3.63, 3.8) is 0 Å². The quantitative estimate of drug-likeness (QED) is 0.308. The highest BCUT2D eigenvalue weighted by Crippen LogP contribution is 2.06. The maximum Gasteiger partial charge on any atom is 0.407 e. The van der Waals surface area contributed by atoms with Gasteiger partial charge in [0.05, 0.1) is 0 Å². The number of hydrogen-bond donors (Lipinski definition) is 4. The third-order valence-electron chi connectivity index (χ3n) is 3.14. The fraction of sp³-hybridized carbons (Fsp3) is 0.579. The molecule has 26 heavy (non-hydrogen) atoms. The molecule has 1 rings (SSSR count). The van der Waals surface area contributed by atoms with Crippen molar-refractivity contribution in [3.8, 4) is 0 Å².